The summed E-state index contributed by atoms with van der Waals surface area (Å²) in [5, 5.41) is 0. The second kappa shape index (κ2) is 6.09. The van der Waals surface area contributed by atoms with Crippen LogP contribution in [0.15, 0.2) is 40.9 Å². The van der Waals surface area contributed by atoms with E-state index in [1.165, 1.54) is 12.1 Å². The topological polar surface area (TPSA) is 26.3 Å². The zero-order chi connectivity index (χ0) is 14.7. The minimum absolute atomic E-state index is 0.233. The molecule has 0 saturated carbocycles. The maximum atomic E-state index is 13.4. The van der Waals surface area contributed by atoms with Gasteiger partial charge in [-0.3, -0.25) is 4.79 Å². The molecule has 0 aliphatic carbocycles. The number of ketones is 1. The fourth-order valence-corrected chi connectivity index (χ4v) is 1.99. The van der Waals surface area contributed by atoms with Gasteiger partial charge in [0, 0.05) is 0 Å². The Morgan fingerprint density at radius 1 is 1.05 bits per heavy atom. The molecule has 0 unspecified atom stereocenters. The lowest BCUT2D eigenvalue weighted by Crippen LogP contribution is -2.13. The molecule has 0 atom stereocenters. The second-order valence-electron chi connectivity index (χ2n) is 3.91. The summed E-state index contributed by atoms with van der Waals surface area (Å²) in [5.74, 6) is -2.47. The average molecular weight is 345 g/mol. The summed E-state index contributed by atoms with van der Waals surface area (Å²) in [6, 6.07) is 6.26. The highest BCUT2D eigenvalue weighted by molar-refractivity contribution is 9.10. The summed E-state index contributed by atoms with van der Waals surface area (Å²) in [5.41, 5.74) is -0.386. The molecule has 6 heteroatoms. The van der Waals surface area contributed by atoms with Gasteiger partial charge in [0.25, 0.3) is 0 Å². The van der Waals surface area contributed by atoms with Crippen LogP contribution in [0.3, 0.4) is 0 Å². The molecule has 0 saturated heterocycles. The Labute approximate surface area is 121 Å². The Morgan fingerprint density at radius 3 is 2.40 bits per heavy atom. The minimum Gasteiger partial charge on any atom is -0.484 e. The molecule has 0 heterocycles. The zero-order valence-corrected chi connectivity index (χ0v) is 11.6. The monoisotopic (exact) mass is 344 g/mol. The van der Waals surface area contributed by atoms with Gasteiger partial charge in [0.15, 0.2) is 6.61 Å². The van der Waals surface area contributed by atoms with E-state index in [4.69, 9.17) is 4.74 Å². The van der Waals surface area contributed by atoms with Crippen LogP contribution in [0.1, 0.15) is 10.4 Å². The molecular weight excluding hydrogens is 337 g/mol. The van der Waals surface area contributed by atoms with Gasteiger partial charge >= 0.3 is 0 Å². The SMILES string of the molecule is O=C(COc1ccc(F)cc1Br)c1cc(F)ccc1F. The molecule has 0 N–H and O–H groups in total. The van der Waals surface area contributed by atoms with Gasteiger partial charge in [-0.15, -0.1) is 0 Å². The number of carbonyl (C=O) groups excluding carboxylic acids is 1. The van der Waals surface area contributed by atoms with Crippen LogP contribution in [0.25, 0.3) is 0 Å². The molecule has 0 aromatic heterocycles. The van der Waals surface area contributed by atoms with E-state index in [0.29, 0.717) is 4.47 Å². The predicted molar refractivity (Wildman–Crippen MR) is 70.3 cm³/mol. The number of rotatable bonds is 4. The lowest BCUT2D eigenvalue weighted by Gasteiger charge is -2.08. The molecule has 2 rings (SSSR count). The molecule has 0 aliphatic rings. The summed E-state index contributed by atoms with van der Waals surface area (Å²) in [6.07, 6.45) is 0. The van der Waals surface area contributed by atoms with E-state index >= 15 is 0 Å². The van der Waals surface area contributed by atoms with E-state index in [2.05, 4.69) is 15.9 Å². The average Bonchev–Trinajstić information content (AvgIpc) is 2.40. The van der Waals surface area contributed by atoms with Gasteiger partial charge in [-0.2, -0.15) is 0 Å². The van der Waals surface area contributed by atoms with Crippen LogP contribution in [0.5, 0.6) is 5.75 Å². The fraction of sp³-hybridized carbons (Fsp3) is 0.0714. The first kappa shape index (κ1) is 14.6. The molecule has 2 aromatic rings. The van der Waals surface area contributed by atoms with Crippen molar-refractivity contribution in [3.63, 3.8) is 0 Å². The van der Waals surface area contributed by atoms with Crippen LogP contribution in [0, 0.1) is 17.5 Å². The number of halogens is 4. The quantitative estimate of drug-likeness (QED) is 0.779. The third-order valence-electron chi connectivity index (χ3n) is 2.48. The molecule has 20 heavy (non-hydrogen) atoms. The van der Waals surface area contributed by atoms with E-state index in [-0.39, 0.29) is 11.3 Å². The van der Waals surface area contributed by atoms with Gasteiger partial charge in [0.2, 0.25) is 5.78 Å². The first-order valence-electron chi connectivity index (χ1n) is 5.53. The van der Waals surface area contributed by atoms with Crippen molar-refractivity contribution >= 4 is 21.7 Å². The molecule has 0 bridgehead atoms. The second-order valence-corrected chi connectivity index (χ2v) is 4.77. The molecule has 0 fully saturated rings. The van der Waals surface area contributed by atoms with Crippen LogP contribution < -0.4 is 4.74 Å². The van der Waals surface area contributed by atoms with E-state index in [0.717, 1.165) is 24.3 Å². The van der Waals surface area contributed by atoms with Crippen molar-refractivity contribution in [2.75, 3.05) is 6.61 Å². The van der Waals surface area contributed by atoms with Crippen LogP contribution in [-0.4, -0.2) is 12.4 Å². The lowest BCUT2D eigenvalue weighted by molar-refractivity contribution is 0.0916. The van der Waals surface area contributed by atoms with Gasteiger partial charge < -0.3 is 4.74 Å². The Kier molecular flexibility index (Phi) is 4.44. The first-order chi connectivity index (χ1) is 9.47. The van der Waals surface area contributed by atoms with Crippen molar-refractivity contribution < 1.29 is 22.7 Å². The largest absolute Gasteiger partial charge is 0.484 e. The Bertz CT molecular complexity index is 659. The minimum atomic E-state index is -0.821. The highest BCUT2D eigenvalue weighted by Crippen LogP contribution is 2.25. The van der Waals surface area contributed by atoms with Crippen molar-refractivity contribution in [3.05, 3.63) is 63.9 Å². The van der Waals surface area contributed by atoms with Gasteiger partial charge in [-0.25, -0.2) is 13.2 Å². The van der Waals surface area contributed by atoms with Crippen molar-refractivity contribution in [1.29, 1.82) is 0 Å². The van der Waals surface area contributed by atoms with Crippen LogP contribution >= 0.6 is 15.9 Å². The number of carbonyl (C=O) groups is 1. The number of hydrogen-bond donors (Lipinski definition) is 0. The predicted octanol–water partition coefficient (Wildman–Crippen LogP) is 4.13. The molecule has 2 aromatic carbocycles. The lowest BCUT2D eigenvalue weighted by atomic mass is 10.1. The molecule has 0 aliphatic heterocycles. The van der Waals surface area contributed by atoms with Gasteiger partial charge in [-0.05, 0) is 52.3 Å². The molecule has 0 radical (unpaired) electrons. The molecule has 0 amide bonds. The van der Waals surface area contributed by atoms with Crippen LogP contribution in [-0.2, 0) is 0 Å². The molecule has 2 nitrogen and oxygen atoms in total. The number of ether oxygens (including phenoxy) is 1. The zero-order valence-electron chi connectivity index (χ0n) is 10.00. The normalized spacial score (nSPS) is 10.4. The number of hydrogen-bond acceptors (Lipinski definition) is 2. The van der Waals surface area contributed by atoms with Gasteiger partial charge in [-0.1, -0.05) is 0 Å². The van der Waals surface area contributed by atoms with Crippen LogP contribution in [0.2, 0.25) is 0 Å². The first-order valence-corrected chi connectivity index (χ1v) is 6.33. The summed E-state index contributed by atoms with van der Waals surface area (Å²) in [7, 11) is 0. The van der Waals surface area contributed by atoms with Gasteiger partial charge in [0.05, 0.1) is 10.0 Å². The standard InChI is InChI=1S/C14H8BrF3O2/c15-11-6-9(17)2-4-14(11)20-7-13(19)10-5-8(16)1-3-12(10)18/h1-6H,7H2. The summed E-state index contributed by atoms with van der Waals surface area (Å²) in [4.78, 5) is 11.7. The maximum Gasteiger partial charge on any atom is 0.203 e. The molecule has 104 valence electrons. The van der Waals surface area contributed by atoms with E-state index in [1.54, 1.807) is 0 Å². The smallest absolute Gasteiger partial charge is 0.203 e. The van der Waals surface area contributed by atoms with Crippen LogP contribution in [0.4, 0.5) is 13.2 Å². The van der Waals surface area contributed by atoms with Crippen molar-refractivity contribution in [1.82, 2.24) is 0 Å². The van der Waals surface area contributed by atoms with E-state index in [1.807, 2.05) is 0 Å². The third-order valence-corrected chi connectivity index (χ3v) is 3.10. The highest BCUT2D eigenvalue weighted by Gasteiger charge is 2.14. The Balaban J connectivity index is 2.10. The highest BCUT2D eigenvalue weighted by atomic mass is 79.9. The molecular formula is C14H8BrF3O2. The number of benzene rings is 2. The van der Waals surface area contributed by atoms with E-state index in [9.17, 15) is 18.0 Å². The summed E-state index contributed by atoms with van der Waals surface area (Å²) >= 11 is 3.07. The van der Waals surface area contributed by atoms with Crippen molar-refractivity contribution in [3.8, 4) is 5.75 Å². The molecule has 0 spiro atoms. The number of Topliss-reactive ketones (excluding diaryl/α,β-unsaturated/α-hetero) is 1. The maximum absolute atomic E-state index is 13.4. The van der Waals surface area contributed by atoms with Gasteiger partial charge in [0.1, 0.15) is 23.2 Å². The third kappa shape index (κ3) is 3.39. The summed E-state index contributed by atoms with van der Waals surface area (Å²) in [6.45, 7) is -0.482. The Hall–Kier alpha value is -1.82. The van der Waals surface area contributed by atoms with E-state index < -0.39 is 29.8 Å². The summed E-state index contributed by atoms with van der Waals surface area (Å²) < 4.78 is 44.7. The Morgan fingerprint density at radius 2 is 1.70 bits per heavy atom. The van der Waals surface area contributed by atoms with Crippen molar-refractivity contribution in [2.24, 2.45) is 0 Å². The van der Waals surface area contributed by atoms with Crippen molar-refractivity contribution in [2.45, 2.75) is 0 Å². The fourth-order valence-electron chi connectivity index (χ4n) is 1.52.